The first kappa shape index (κ1) is 17.2. The lowest BCUT2D eigenvalue weighted by molar-refractivity contribution is -0.0584. The standard InChI is InChI=1S/C18H14N2O6/c1-19(18(24)25-2)14-10-6-5-9-13(14)17(23)26-20-15(21)11-7-3-4-8-12(11)16(20)22/h3-10H,1-2H3. The quantitative estimate of drug-likeness (QED) is 0.785. The van der Waals surface area contributed by atoms with Crippen molar-refractivity contribution in [1.29, 1.82) is 0 Å². The number of methoxy groups -OCH3 is 1. The van der Waals surface area contributed by atoms with Crippen LogP contribution in [0.2, 0.25) is 0 Å². The van der Waals surface area contributed by atoms with E-state index in [0.717, 1.165) is 4.90 Å². The summed E-state index contributed by atoms with van der Waals surface area (Å²) in [6, 6.07) is 12.3. The first-order valence-corrected chi connectivity index (χ1v) is 7.56. The Bertz CT molecular complexity index is 888. The van der Waals surface area contributed by atoms with E-state index in [1.165, 1.54) is 38.4 Å². The molecule has 8 nitrogen and oxygen atoms in total. The van der Waals surface area contributed by atoms with Gasteiger partial charge in [-0.15, -0.1) is 0 Å². The van der Waals surface area contributed by atoms with E-state index in [4.69, 9.17) is 4.84 Å². The van der Waals surface area contributed by atoms with Crippen molar-refractivity contribution < 1.29 is 28.8 Å². The molecule has 8 heteroatoms. The molecule has 26 heavy (non-hydrogen) atoms. The number of ether oxygens (including phenoxy) is 1. The highest BCUT2D eigenvalue weighted by Crippen LogP contribution is 2.25. The van der Waals surface area contributed by atoms with Crippen LogP contribution < -0.4 is 4.90 Å². The molecule has 0 saturated heterocycles. The van der Waals surface area contributed by atoms with Crippen LogP contribution in [-0.2, 0) is 9.57 Å². The van der Waals surface area contributed by atoms with E-state index in [1.807, 2.05) is 0 Å². The highest BCUT2D eigenvalue weighted by molar-refractivity contribution is 6.21. The van der Waals surface area contributed by atoms with Gasteiger partial charge in [0.05, 0.1) is 29.5 Å². The molecule has 3 rings (SSSR count). The number of nitrogens with zero attached hydrogens (tertiary/aromatic N) is 2. The summed E-state index contributed by atoms with van der Waals surface area (Å²) < 4.78 is 4.63. The predicted octanol–water partition coefficient (Wildman–Crippen LogP) is 2.26. The van der Waals surface area contributed by atoms with E-state index in [1.54, 1.807) is 24.3 Å². The third kappa shape index (κ3) is 2.77. The molecule has 2 aromatic carbocycles. The number of benzene rings is 2. The molecule has 0 N–H and O–H groups in total. The lowest BCUT2D eigenvalue weighted by Crippen LogP contribution is -2.34. The van der Waals surface area contributed by atoms with Crippen LogP contribution in [0.25, 0.3) is 0 Å². The highest BCUT2D eigenvalue weighted by Gasteiger charge is 2.39. The molecule has 132 valence electrons. The number of rotatable bonds is 3. The molecule has 0 bridgehead atoms. The van der Waals surface area contributed by atoms with Crippen LogP contribution in [0.1, 0.15) is 31.1 Å². The number of carbonyl (C=O) groups excluding carboxylic acids is 4. The summed E-state index contributed by atoms with van der Waals surface area (Å²) in [5.74, 6) is -2.40. The van der Waals surface area contributed by atoms with E-state index in [9.17, 15) is 19.2 Å². The zero-order valence-electron chi connectivity index (χ0n) is 14.0. The maximum atomic E-state index is 12.5. The van der Waals surface area contributed by atoms with Crippen molar-refractivity contribution in [2.45, 2.75) is 0 Å². The second kappa shape index (κ2) is 6.67. The number of amides is 3. The minimum absolute atomic E-state index is 0.00282. The van der Waals surface area contributed by atoms with Gasteiger partial charge in [-0.1, -0.05) is 29.3 Å². The molecule has 1 aliphatic rings. The molecule has 0 atom stereocenters. The Morgan fingerprint density at radius 3 is 2.04 bits per heavy atom. The van der Waals surface area contributed by atoms with Crippen LogP contribution in [0.15, 0.2) is 48.5 Å². The maximum absolute atomic E-state index is 12.5. The number of anilines is 1. The van der Waals surface area contributed by atoms with Gasteiger partial charge in [-0.05, 0) is 24.3 Å². The van der Waals surface area contributed by atoms with Crippen LogP contribution in [0.5, 0.6) is 0 Å². The summed E-state index contributed by atoms with van der Waals surface area (Å²) in [6.45, 7) is 0. The predicted molar refractivity (Wildman–Crippen MR) is 89.6 cm³/mol. The first-order valence-electron chi connectivity index (χ1n) is 7.56. The van der Waals surface area contributed by atoms with E-state index in [2.05, 4.69) is 4.74 Å². The van der Waals surface area contributed by atoms with Crippen LogP contribution in [0.3, 0.4) is 0 Å². The van der Waals surface area contributed by atoms with Gasteiger partial charge < -0.3 is 9.57 Å². The lowest BCUT2D eigenvalue weighted by Gasteiger charge is -2.19. The average Bonchev–Trinajstić information content (AvgIpc) is 2.92. The molecule has 0 saturated carbocycles. The van der Waals surface area contributed by atoms with Crippen LogP contribution in [0.4, 0.5) is 10.5 Å². The maximum Gasteiger partial charge on any atom is 0.413 e. The Morgan fingerprint density at radius 2 is 1.46 bits per heavy atom. The summed E-state index contributed by atoms with van der Waals surface area (Å²) in [5.41, 5.74) is 0.522. The summed E-state index contributed by atoms with van der Waals surface area (Å²) in [4.78, 5) is 55.0. The number of hydrogen-bond acceptors (Lipinski definition) is 6. The lowest BCUT2D eigenvalue weighted by atomic mass is 10.1. The van der Waals surface area contributed by atoms with Gasteiger partial charge in [0.25, 0.3) is 11.8 Å². The van der Waals surface area contributed by atoms with Crippen molar-refractivity contribution in [3.63, 3.8) is 0 Å². The smallest absolute Gasteiger partial charge is 0.413 e. The zero-order valence-corrected chi connectivity index (χ0v) is 14.0. The largest absolute Gasteiger partial charge is 0.452 e. The summed E-state index contributed by atoms with van der Waals surface area (Å²) in [7, 11) is 2.62. The topological polar surface area (TPSA) is 93.2 Å². The number of imide groups is 1. The Hall–Kier alpha value is -3.68. The van der Waals surface area contributed by atoms with Crippen molar-refractivity contribution in [3.05, 3.63) is 65.2 Å². The molecule has 0 unspecified atom stereocenters. The molecule has 0 fully saturated rings. The van der Waals surface area contributed by atoms with Crippen molar-refractivity contribution in [1.82, 2.24) is 5.06 Å². The van der Waals surface area contributed by atoms with Gasteiger partial charge in [-0.2, -0.15) is 0 Å². The molecule has 0 spiro atoms. The van der Waals surface area contributed by atoms with Gasteiger partial charge in [0.15, 0.2) is 0 Å². The molecule has 0 aromatic heterocycles. The average molecular weight is 354 g/mol. The number of fused-ring (bicyclic) bond motifs is 1. The first-order chi connectivity index (χ1) is 12.5. The second-order valence-electron chi connectivity index (χ2n) is 5.38. The minimum atomic E-state index is -0.953. The van der Waals surface area contributed by atoms with Crippen molar-refractivity contribution >= 4 is 29.6 Å². The van der Waals surface area contributed by atoms with Crippen LogP contribution >= 0.6 is 0 Å². The molecule has 3 amide bonds. The van der Waals surface area contributed by atoms with E-state index in [-0.39, 0.29) is 22.4 Å². The van der Waals surface area contributed by atoms with E-state index >= 15 is 0 Å². The monoisotopic (exact) mass is 354 g/mol. The van der Waals surface area contributed by atoms with Crippen molar-refractivity contribution in [2.24, 2.45) is 0 Å². The second-order valence-corrected chi connectivity index (χ2v) is 5.38. The normalized spacial score (nSPS) is 12.6. The van der Waals surface area contributed by atoms with E-state index in [0.29, 0.717) is 5.06 Å². The zero-order chi connectivity index (χ0) is 18.8. The SMILES string of the molecule is COC(=O)N(C)c1ccccc1C(=O)ON1C(=O)c2ccccc2C1=O. The third-order valence-electron chi connectivity index (χ3n) is 3.86. The Labute approximate surface area is 148 Å². The van der Waals surface area contributed by atoms with Gasteiger partial charge in [-0.3, -0.25) is 14.5 Å². The molecule has 2 aromatic rings. The molecular formula is C18H14N2O6. The molecule has 1 heterocycles. The van der Waals surface area contributed by atoms with Gasteiger partial charge in [0.2, 0.25) is 0 Å². The van der Waals surface area contributed by atoms with E-state index < -0.39 is 23.9 Å². The van der Waals surface area contributed by atoms with Gasteiger partial charge in [-0.25, -0.2) is 9.59 Å². The number of carbonyl (C=O) groups is 4. The minimum Gasteiger partial charge on any atom is -0.452 e. The fourth-order valence-electron chi connectivity index (χ4n) is 2.56. The molecule has 0 aliphatic carbocycles. The highest BCUT2D eigenvalue weighted by atomic mass is 16.7. The van der Waals surface area contributed by atoms with Gasteiger partial charge in [0.1, 0.15) is 0 Å². The molecular weight excluding hydrogens is 340 g/mol. The Balaban J connectivity index is 1.88. The molecule has 1 aliphatic heterocycles. The Kier molecular flexibility index (Phi) is 4.40. The van der Waals surface area contributed by atoms with Crippen LogP contribution in [0, 0.1) is 0 Å². The Morgan fingerprint density at radius 1 is 0.923 bits per heavy atom. The van der Waals surface area contributed by atoms with Crippen molar-refractivity contribution in [2.75, 3.05) is 19.1 Å². The third-order valence-corrected chi connectivity index (χ3v) is 3.86. The van der Waals surface area contributed by atoms with Gasteiger partial charge >= 0.3 is 12.1 Å². The number of para-hydroxylation sites is 1. The number of hydroxylamine groups is 2. The number of hydrogen-bond donors (Lipinski definition) is 0. The summed E-state index contributed by atoms with van der Waals surface area (Å²) >= 11 is 0. The fraction of sp³-hybridized carbons (Fsp3) is 0.111. The molecule has 0 radical (unpaired) electrons. The summed E-state index contributed by atoms with van der Waals surface area (Å²) in [5, 5.41) is 0.419. The van der Waals surface area contributed by atoms with Crippen molar-refractivity contribution in [3.8, 4) is 0 Å². The fourth-order valence-corrected chi connectivity index (χ4v) is 2.56. The van der Waals surface area contributed by atoms with Gasteiger partial charge in [0, 0.05) is 7.05 Å². The van der Waals surface area contributed by atoms with Crippen LogP contribution in [-0.4, -0.2) is 43.1 Å². The summed E-state index contributed by atoms with van der Waals surface area (Å²) in [6.07, 6.45) is -0.689.